The van der Waals surface area contributed by atoms with Gasteiger partial charge in [0.05, 0.1) is 14.2 Å². The SMILES string of the molecule is COC(=O)CN(CC(=O)OC)C(=O)c1cc(=O)[nH]c(=O)[nH]1. The van der Waals surface area contributed by atoms with Gasteiger partial charge >= 0.3 is 17.6 Å². The molecule has 1 rings (SSSR count). The van der Waals surface area contributed by atoms with Crippen LogP contribution in [0.15, 0.2) is 15.7 Å². The number of nitrogens with zero attached hydrogens (tertiary/aromatic N) is 1. The molecule has 1 amide bonds. The van der Waals surface area contributed by atoms with Crippen LogP contribution in [0, 0.1) is 0 Å². The third-order valence-electron chi connectivity index (χ3n) is 2.37. The van der Waals surface area contributed by atoms with Crippen LogP contribution < -0.4 is 11.2 Å². The standard InChI is InChI=1S/C11H13N3O7/c1-20-8(16)4-14(5-9(17)21-2)10(18)6-3-7(15)13-11(19)12-6/h3H,4-5H2,1-2H3,(H2,12,13,15,19). The molecular weight excluding hydrogens is 286 g/mol. The highest BCUT2D eigenvalue weighted by Crippen LogP contribution is 2.00. The molecule has 10 heteroatoms. The van der Waals surface area contributed by atoms with Crippen molar-refractivity contribution in [3.05, 3.63) is 32.6 Å². The maximum atomic E-state index is 12.1. The number of aromatic nitrogens is 2. The van der Waals surface area contributed by atoms with Gasteiger partial charge in [-0.2, -0.15) is 0 Å². The van der Waals surface area contributed by atoms with E-state index in [9.17, 15) is 24.0 Å². The summed E-state index contributed by atoms with van der Waals surface area (Å²) >= 11 is 0. The van der Waals surface area contributed by atoms with Gasteiger partial charge in [0.1, 0.15) is 18.8 Å². The number of rotatable bonds is 5. The second-order valence-corrected chi connectivity index (χ2v) is 3.81. The van der Waals surface area contributed by atoms with Crippen molar-refractivity contribution in [2.75, 3.05) is 27.3 Å². The van der Waals surface area contributed by atoms with E-state index in [1.807, 2.05) is 4.98 Å². The van der Waals surface area contributed by atoms with Crippen LogP contribution in [0.2, 0.25) is 0 Å². The number of ether oxygens (including phenoxy) is 2. The van der Waals surface area contributed by atoms with Crippen molar-refractivity contribution >= 4 is 17.8 Å². The minimum absolute atomic E-state index is 0.364. The molecule has 1 heterocycles. The van der Waals surface area contributed by atoms with E-state index in [0.717, 1.165) is 25.2 Å². The Kier molecular flexibility index (Phi) is 5.40. The fourth-order valence-corrected chi connectivity index (χ4v) is 1.39. The monoisotopic (exact) mass is 299 g/mol. The molecule has 0 radical (unpaired) electrons. The molecule has 0 aliphatic carbocycles. The Balaban J connectivity index is 3.08. The molecule has 0 aromatic carbocycles. The van der Waals surface area contributed by atoms with E-state index < -0.39 is 42.2 Å². The molecule has 0 saturated carbocycles. The zero-order chi connectivity index (χ0) is 16.0. The van der Waals surface area contributed by atoms with Crippen LogP contribution >= 0.6 is 0 Å². The lowest BCUT2D eigenvalue weighted by atomic mass is 10.3. The largest absolute Gasteiger partial charge is 0.468 e. The number of methoxy groups -OCH3 is 2. The Morgan fingerprint density at radius 3 is 2.00 bits per heavy atom. The normalized spacial score (nSPS) is 9.81. The summed E-state index contributed by atoms with van der Waals surface area (Å²) in [4.78, 5) is 61.7. The van der Waals surface area contributed by atoms with Crippen molar-refractivity contribution in [2.24, 2.45) is 0 Å². The van der Waals surface area contributed by atoms with Crippen molar-refractivity contribution in [2.45, 2.75) is 0 Å². The molecule has 1 aromatic heterocycles. The van der Waals surface area contributed by atoms with Gasteiger partial charge in [-0.3, -0.25) is 24.2 Å². The molecule has 0 aliphatic rings. The van der Waals surface area contributed by atoms with Crippen LogP contribution in [-0.4, -0.2) is 60.0 Å². The quantitative estimate of drug-likeness (QED) is 0.591. The van der Waals surface area contributed by atoms with E-state index in [1.165, 1.54) is 0 Å². The van der Waals surface area contributed by atoms with Crippen molar-refractivity contribution < 1.29 is 23.9 Å². The second kappa shape index (κ2) is 7.03. The number of H-pyrrole nitrogens is 2. The number of esters is 2. The van der Waals surface area contributed by atoms with Crippen LogP contribution in [0.1, 0.15) is 10.5 Å². The Bertz CT molecular complexity index is 614. The number of hydrogen-bond donors (Lipinski definition) is 2. The van der Waals surface area contributed by atoms with E-state index in [4.69, 9.17) is 0 Å². The highest BCUT2D eigenvalue weighted by atomic mass is 16.5. The average Bonchev–Trinajstić information content (AvgIpc) is 2.44. The van der Waals surface area contributed by atoms with Gasteiger partial charge in [-0.05, 0) is 0 Å². The zero-order valence-corrected chi connectivity index (χ0v) is 11.3. The summed E-state index contributed by atoms with van der Waals surface area (Å²) in [5.41, 5.74) is -2.04. The Morgan fingerprint density at radius 1 is 1.05 bits per heavy atom. The lowest BCUT2D eigenvalue weighted by Crippen LogP contribution is -2.41. The first kappa shape index (κ1) is 16.1. The first-order valence-corrected chi connectivity index (χ1v) is 5.64. The van der Waals surface area contributed by atoms with Gasteiger partial charge in [0.25, 0.3) is 11.5 Å². The summed E-state index contributed by atoms with van der Waals surface area (Å²) in [6.45, 7) is -1.08. The van der Waals surface area contributed by atoms with Crippen LogP contribution in [0.3, 0.4) is 0 Å². The van der Waals surface area contributed by atoms with Gasteiger partial charge in [0.15, 0.2) is 0 Å². The highest BCUT2D eigenvalue weighted by Gasteiger charge is 2.23. The summed E-state index contributed by atoms with van der Waals surface area (Å²) in [7, 11) is 2.22. The zero-order valence-electron chi connectivity index (χ0n) is 11.3. The van der Waals surface area contributed by atoms with Gasteiger partial charge < -0.3 is 19.4 Å². The van der Waals surface area contributed by atoms with E-state index >= 15 is 0 Å². The predicted molar refractivity (Wildman–Crippen MR) is 67.6 cm³/mol. The molecule has 10 nitrogen and oxygen atoms in total. The Hall–Kier alpha value is -2.91. The van der Waals surface area contributed by atoms with E-state index in [0.29, 0.717) is 0 Å². The Morgan fingerprint density at radius 2 is 1.57 bits per heavy atom. The van der Waals surface area contributed by atoms with E-state index in [2.05, 4.69) is 14.5 Å². The number of hydrogen-bond acceptors (Lipinski definition) is 7. The fourth-order valence-electron chi connectivity index (χ4n) is 1.39. The predicted octanol–water partition coefficient (Wildman–Crippen LogP) is -2.15. The molecule has 0 unspecified atom stereocenters. The van der Waals surface area contributed by atoms with Gasteiger partial charge in [-0.15, -0.1) is 0 Å². The van der Waals surface area contributed by atoms with E-state index in [1.54, 1.807) is 0 Å². The fraction of sp³-hybridized carbons (Fsp3) is 0.364. The third-order valence-corrected chi connectivity index (χ3v) is 2.37. The maximum Gasteiger partial charge on any atom is 0.326 e. The summed E-state index contributed by atoms with van der Waals surface area (Å²) in [6.07, 6.45) is 0. The number of aromatic amines is 2. The summed E-state index contributed by atoms with van der Waals surface area (Å²) in [6, 6.07) is 0.839. The van der Waals surface area contributed by atoms with Crippen LogP contribution in [0.5, 0.6) is 0 Å². The van der Waals surface area contributed by atoms with Crippen LogP contribution in [-0.2, 0) is 19.1 Å². The van der Waals surface area contributed by atoms with Crippen LogP contribution in [0.25, 0.3) is 0 Å². The van der Waals surface area contributed by atoms with Gasteiger partial charge in [0, 0.05) is 6.07 Å². The molecule has 114 valence electrons. The molecule has 2 N–H and O–H groups in total. The van der Waals surface area contributed by atoms with Crippen LogP contribution in [0.4, 0.5) is 0 Å². The second-order valence-electron chi connectivity index (χ2n) is 3.81. The topological polar surface area (TPSA) is 139 Å². The molecule has 0 atom stereocenters. The van der Waals surface area contributed by atoms with Crippen molar-refractivity contribution in [3.8, 4) is 0 Å². The third kappa shape index (κ3) is 4.60. The molecule has 1 aromatic rings. The van der Waals surface area contributed by atoms with Crippen molar-refractivity contribution in [1.82, 2.24) is 14.9 Å². The molecule has 0 spiro atoms. The maximum absolute atomic E-state index is 12.1. The molecule has 21 heavy (non-hydrogen) atoms. The number of nitrogens with one attached hydrogen (secondary N) is 2. The summed E-state index contributed by atoms with van der Waals surface area (Å²) < 4.78 is 8.81. The van der Waals surface area contributed by atoms with Gasteiger partial charge in [-0.1, -0.05) is 0 Å². The molecule has 0 fully saturated rings. The van der Waals surface area contributed by atoms with Crippen molar-refractivity contribution in [1.29, 1.82) is 0 Å². The molecule has 0 saturated heterocycles. The number of amides is 1. The van der Waals surface area contributed by atoms with E-state index in [-0.39, 0.29) is 5.69 Å². The first-order valence-electron chi connectivity index (χ1n) is 5.64. The number of carbonyl (C=O) groups is 3. The Labute approximate surface area is 117 Å². The first-order chi connectivity index (χ1) is 9.87. The number of carbonyl (C=O) groups excluding carboxylic acids is 3. The molecule has 0 aliphatic heterocycles. The average molecular weight is 299 g/mol. The van der Waals surface area contributed by atoms with Crippen molar-refractivity contribution in [3.63, 3.8) is 0 Å². The van der Waals surface area contributed by atoms with Gasteiger partial charge in [-0.25, -0.2) is 4.79 Å². The molecule has 0 bridgehead atoms. The summed E-state index contributed by atoms with van der Waals surface area (Å²) in [5, 5.41) is 0. The smallest absolute Gasteiger partial charge is 0.326 e. The summed E-state index contributed by atoms with van der Waals surface area (Å²) in [5.74, 6) is -2.45. The molecular formula is C11H13N3O7. The minimum Gasteiger partial charge on any atom is -0.468 e. The lowest BCUT2D eigenvalue weighted by molar-refractivity contribution is -0.144. The highest BCUT2D eigenvalue weighted by molar-refractivity contribution is 5.96. The minimum atomic E-state index is -0.894. The van der Waals surface area contributed by atoms with Gasteiger partial charge in [0.2, 0.25) is 0 Å². The lowest BCUT2D eigenvalue weighted by Gasteiger charge is -2.19.